The minimum atomic E-state index is -0.849. The van der Waals surface area contributed by atoms with Crippen LogP contribution in [0.15, 0.2) is 0 Å². The van der Waals surface area contributed by atoms with E-state index in [1.54, 1.807) is 25.7 Å². The summed E-state index contributed by atoms with van der Waals surface area (Å²) >= 11 is 3.30. The second-order valence-corrected chi connectivity index (χ2v) is 6.19. The van der Waals surface area contributed by atoms with Gasteiger partial charge in [0, 0.05) is 24.8 Å². The number of amides is 3. The number of esters is 1. The summed E-state index contributed by atoms with van der Waals surface area (Å²) in [7, 11) is 0. The first-order chi connectivity index (χ1) is 9.86. The van der Waals surface area contributed by atoms with Crippen LogP contribution in [0, 0.1) is 0 Å². The van der Waals surface area contributed by atoms with E-state index in [1.807, 2.05) is 0 Å². The normalized spacial score (nSPS) is 17.5. The minimum Gasteiger partial charge on any atom is -0.466 e. The largest absolute Gasteiger partial charge is 0.466 e. The van der Waals surface area contributed by atoms with Gasteiger partial charge in [-0.15, -0.1) is 0 Å². The average molecular weight is 363 g/mol. The Labute approximate surface area is 133 Å². The summed E-state index contributed by atoms with van der Waals surface area (Å²) in [6.45, 7) is 6.39. The first-order valence-electron chi connectivity index (χ1n) is 7.21. The minimum absolute atomic E-state index is 0.176. The van der Waals surface area contributed by atoms with Gasteiger partial charge in [-0.1, -0.05) is 15.9 Å². The molecule has 6 nitrogen and oxygen atoms in total. The number of halogens is 1. The second-order valence-electron chi connectivity index (χ2n) is 5.40. The topological polar surface area (TPSA) is 66.9 Å². The van der Waals surface area contributed by atoms with Crippen molar-refractivity contribution in [1.82, 2.24) is 9.80 Å². The average Bonchev–Trinajstić information content (AvgIpc) is 2.58. The summed E-state index contributed by atoms with van der Waals surface area (Å²) in [6, 6.07) is -0.269. The lowest BCUT2D eigenvalue weighted by atomic mass is 10.0. The van der Waals surface area contributed by atoms with Gasteiger partial charge in [0.15, 0.2) is 0 Å². The summed E-state index contributed by atoms with van der Waals surface area (Å²) in [5, 5.41) is 0.743. The Hall–Kier alpha value is -1.11. The van der Waals surface area contributed by atoms with Gasteiger partial charge in [-0.2, -0.15) is 0 Å². The predicted octanol–water partition coefficient (Wildman–Crippen LogP) is 2.16. The predicted molar refractivity (Wildman–Crippen MR) is 82.2 cm³/mol. The molecule has 1 rings (SSSR count). The van der Waals surface area contributed by atoms with Crippen LogP contribution < -0.4 is 0 Å². The molecule has 0 radical (unpaired) electrons. The van der Waals surface area contributed by atoms with E-state index in [0.717, 1.165) is 11.8 Å². The number of carbonyl (C=O) groups is 3. The van der Waals surface area contributed by atoms with Gasteiger partial charge in [0.2, 0.25) is 0 Å². The number of alkyl halides is 1. The van der Waals surface area contributed by atoms with Crippen molar-refractivity contribution in [2.24, 2.45) is 0 Å². The molecule has 0 aromatic carbocycles. The number of carbonyl (C=O) groups excluding carboxylic acids is 3. The molecule has 3 amide bonds. The lowest BCUT2D eigenvalue weighted by molar-refractivity contribution is -0.143. The molecule has 0 atom stereocenters. The third-order valence-electron chi connectivity index (χ3n) is 3.49. The van der Waals surface area contributed by atoms with Crippen LogP contribution in [-0.4, -0.2) is 58.3 Å². The molecule has 7 heteroatoms. The monoisotopic (exact) mass is 362 g/mol. The zero-order valence-electron chi connectivity index (χ0n) is 12.9. The van der Waals surface area contributed by atoms with Crippen molar-refractivity contribution >= 4 is 33.8 Å². The molecule has 120 valence electrons. The number of rotatable bonds is 8. The molecule has 1 saturated heterocycles. The number of hydrogen-bond donors (Lipinski definition) is 0. The molecule has 1 heterocycles. The van der Waals surface area contributed by atoms with Gasteiger partial charge in [-0.25, -0.2) is 4.79 Å². The molecule has 1 fully saturated rings. The Morgan fingerprint density at radius 3 is 2.48 bits per heavy atom. The first kappa shape index (κ1) is 17.9. The lowest BCUT2D eigenvalue weighted by Crippen LogP contribution is -2.44. The van der Waals surface area contributed by atoms with E-state index < -0.39 is 5.54 Å². The van der Waals surface area contributed by atoms with Gasteiger partial charge < -0.3 is 9.64 Å². The molecule has 1 aliphatic rings. The molecule has 0 saturated carbocycles. The Morgan fingerprint density at radius 1 is 1.24 bits per heavy atom. The summed E-state index contributed by atoms with van der Waals surface area (Å²) in [4.78, 5) is 38.8. The van der Waals surface area contributed by atoms with E-state index in [9.17, 15) is 14.4 Å². The number of hydrogen-bond acceptors (Lipinski definition) is 4. The Balaban J connectivity index is 2.62. The zero-order chi connectivity index (χ0) is 16.0. The first-order valence-corrected chi connectivity index (χ1v) is 8.33. The highest BCUT2D eigenvalue weighted by Gasteiger charge is 2.50. The fourth-order valence-corrected chi connectivity index (χ4v) is 2.57. The van der Waals surface area contributed by atoms with Gasteiger partial charge in [-0.05, 0) is 33.6 Å². The second kappa shape index (κ2) is 7.77. The van der Waals surface area contributed by atoms with Crippen molar-refractivity contribution in [3.63, 3.8) is 0 Å². The number of ether oxygens (including phenoxy) is 1. The zero-order valence-corrected chi connectivity index (χ0v) is 14.4. The molecular weight excluding hydrogens is 340 g/mol. The van der Waals surface area contributed by atoms with Crippen LogP contribution in [0.25, 0.3) is 0 Å². The molecule has 0 unspecified atom stereocenters. The van der Waals surface area contributed by atoms with Crippen molar-refractivity contribution in [3.8, 4) is 0 Å². The van der Waals surface area contributed by atoms with Gasteiger partial charge in [0.05, 0.1) is 6.61 Å². The van der Waals surface area contributed by atoms with Crippen molar-refractivity contribution in [2.45, 2.75) is 45.6 Å². The molecule has 1 aliphatic heterocycles. The molecule has 0 bridgehead atoms. The van der Waals surface area contributed by atoms with Crippen LogP contribution in [0.2, 0.25) is 0 Å². The van der Waals surface area contributed by atoms with Gasteiger partial charge in [-0.3, -0.25) is 14.5 Å². The summed E-state index contributed by atoms with van der Waals surface area (Å²) in [5.74, 6) is -0.450. The van der Waals surface area contributed by atoms with Gasteiger partial charge in [0.25, 0.3) is 5.91 Å². The van der Waals surface area contributed by atoms with Crippen LogP contribution in [-0.2, 0) is 14.3 Å². The molecule has 0 aliphatic carbocycles. The van der Waals surface area contributed by atoms with E-state index in [0.29, 0.717) is 26.1 Å². The molecule has 0 aromatic heterocycles. The number of imide groups is 1. The van der Waals surface area contributed by atoms with Crippen LogP contribution in [0.4, 0.5) is 4.79 Å². The van der Waals surface area contributed by atoms with E-state index in [2.05, 4.69) is 15.9 Å². The van der Waals surface area contributed by atoms with Crippen LogP contribution in [0.1, 0.15) is 40.0 Å². The van der Waals surface area contributed by atoms with Gasteiger partial charge in [0.1, 0.15) is 5.54 Å². The Bertz CT molecular complexity index is 412. The molecule has 0 aromatic rings. The van der Waals surface area contributed by atoms with Crippen molar-refractivity contribution in [2.75, 3.05) is 25.0 Å². The van der Waals surface area contributed by atoms with Crippen molar-refractivity contribution in [3.05, 3.63) is 0 Å². The van der Waals surface area contributed by atoms with Crippen molar-refractivity contribution in [1.29, 1.82) is 0 Å². The number of urea groups is 1. The third-order valence-corrected chi connectivity index (χ3v) is 4.05. The smallest absolute Gasteiger partial charge is 0.327 e. The Morgan fingerprint density at radius 2 is 1.90 bits per heavy atom. The lowest BCUT2D eigenvalue weighted by Gasteiger charge is -2.27. The highest BCUT2D eigenvalue weighted by molar-refractivity contribution is 9.09. The van der Waals surface area contributed by atoms with E-state index in [1.165, 1.54) is 4.90 Å². The standard InChI is InChI=1S/C14H23BrN2O4/c1-4-21-11(18)7-5-10-17-13(20)16(9-6-8-15)12(19)14(17,2)3/h4-10H2,1-3H3. The summed E-state index contributed by atoms with van der Waals surface area (Å²) in [6.07, 6.45) is 1.47. The fraction of sp³-hybridized carbons (Fsp3) is 0.786. The SMILES string of the molecule is CCOC(=O)CCCN1C(=O)N(CCCBr)C(=O)C1(C)C. The molecule has 0 spiro atoms. The molecule has 0 N–H and O–H groups in total. The van der Waals surface area contributed by atoms with E-state index in [4.69, 9.17) is 4.74 Å². The van der Waals surface area contributed by atoms with Crippen LogP contribution in [0.3, 0.4) is 0 Å². The molecular formula is C14H23BrN2O4. The maximum Gasteiger partial charge on any atom is 0.327 e. The third kappa shape index (κ3) is 4.18. The quantitative estimate of drug-likeness (QED) is 0.377. The van der Waals surface area contributed by atoms with E-state index >= 15 is 0 Å². The van der Waals surface area contributed by atoms with Crippen LogP contribution in [0.5, 0.6) is 0 Å². The van der Waals surface area contributed by atoms with Crippen molar-refractivity contribution < 1.29 is 19.1 Å². The molecule has 21 heavy (non-hydrogen) atoms. The highest BCUT2D eigenvalue weighted by atomic mass is 79.9. The van der Waals surface area contributed by atoms with E-state index in [-0.39, 0.29) is 24.3 Å². The summed E-state index contributed by atoms with van der Waals surface area (Å²) < 4.78 is 4.86. The highest BCUT2D eigenvalue weighted by Crippen LogP contribution is 2.28. The summed E-state index contributed by atoms with van der Waals surface area (Å²) in [5.41, 5.74) is -0.849. The maximum absolute atomic E-state index is 12.3. The van der Waals surface area contributed by atoms with Crippen LogP contribution >= 0.6 is 15.9 Å². The fourth-order valence-electron chi connectivity index (χ4n) is 2.32. The number of nitrogens with zero attached hydrogens (tertiary/aromatic N) is 2. The Kier molecular flexibility index (Phi) is 6.64. The van der Waals surface area contributed by atoms with Gasteiger partial charge >= 0.3 is 12.0 Å². The maximum atomic E-state index is 12.3.